The van der Waals surface area contributed by atoms with Gasteiger partial charge in [0, 0.05) is 25.5 Å². The second-order valence-electron chi connectivity index (χ2n) is 4.56. The molecule has 1 aliphatic carbocycles. The number of anilines is 1. The van der Waals surface area contributed by atoms with Crippen LogP contribution in [0.1, 0.15) is 12.8 Å². The van der Waals surface area contributed by atoms with Crippen molar-refractivity contribution in [1.29, 1.82) is 0 Å². The third-order valence-electron chi connectivity index (χ3n) is 3.36. The number of pyridine rings is 1. The number of nitrogens with zero attached hydrogens (tertiary/aromatic N) is 2. The van der Waals surface area contributed by atoms with Crippen LogP contribution in [-0.2, 0) is 0 Å². The molecule has 2 aliphatic rings. The first-order valence-corrected chi connectivity index (χ1v) is 5.64. The molecule has 0 bridgehead atoms. The Labute approximate surface area is 93.7 Å². The van der Waals surface area contributed by atoms with Gasteiger partial charge in [0.2, 0.25) is 0 Å². The van der Waals surface area contributed by atoms with E-state index in [1.165, 1.54) is 12.8 Å². The Hall–Kier alpha value is -0.800. The molecule has 0 amide bonds. The third-order valence-corrected chi connectivity index (χ3v) is 3.65. The molecular weight excluding hydrogens is 212 g/mol. The van der Waals surface area contributed by atoms with Crippen molar-refractivity contribution in [3.63, 3.8) is 0 Å². The summed E-state index contributed by atoms with van der Waals surface area (Å²) in [5.41, 5.74) is 0.532. The molecule has 2 fully saturated rings. The van der Waals surface area contributed by atoms with E-state index in [9.17, 15) is 5.11 Å². The third kappa shape index (κ3) is 1.50. The standard InChI is InChI=1S/C11H13ClN2O/c12-9-5-13-4-3-10(9)14-6-11(15,7-14)8-1-2-8/h3-5,8,15H,1-2,6-7H2. The number of hydrogen-bond donors (Lipinski definition) is 1. The molecule has 0 unspecified atom stereocenters. The monoisotopic (exact) mass is 224 g/mol. The highest BCUT2D eigenvalue weighted by Crippen LogP contribution is 2.46. The Balaban J connectivity index is 1.74. The molecule has 1 aromatic rings. The average Bonchev–Trinajstić information content (AvgIpc) is 2.97. The fourth-order valence-electron chi connectivity index (χ4n) is 2.29. The van der Waals surface area contributed by atoms with Gasteiger partial charge in [-0.05, 0) is 24.8 Å². The summed E-state index contributed by atoms with van der Waals surface area (Å²) >= 11 is 6.03. The molecule has 1 saturated heterocycles. The first-order chi connectivity index (χ1) is 7.19. The molecule has 0 aromatic carbocycles. The molecule has 4 heteroatoms. The zero-order chi connectivity index (χ0) is 10.5. The highest BCUT2D eigenvalue weighted by molar-refractivity contribution is 6.33. The SMILES string of the molecule is OC1(C2CC2)CN(c2ccncc2Cl)C1. The predicted molar refractivity (Wildman–Crippen MR) is 59.1 cm³/mol. The van der Waals surface area contributed by atoms with Gasteiger partial charge in [-0.3, -0.25) is 4.98 Å². The van der Waals surface area contributed by atoms with E-state index in [0.717, 1.165) is 5.69 Å². The van der Waals surface area contributed by atoms with E-state index in [4.69, 9.17) is 11.6 Å². The van der Waals surface area contributed by atoms with E-state index < -0.39 is 5.60 Å². The minimum Gasteiger partial charge on any atom is -0.386 e. The molecule has 1 saturated carbocycles. The van der Waals surface area contributed by atoms with Gasteiger partial charge in [0.25, 0.3) is 0 Å². The summed E-state index contributed by atoms with van der Waals surface area (Å²) in [4.78, 5) is 6.06. The zero-order valence-corrected chi connectivity index (χ0v) is 9.11. The van der Waals surface area contributed by atoms with E-state index in [1.54, 1.807) is 12.4 Å². The lowest BCUT2D eigenvalue weighted by Crippen LogP contribution is -2.63. The van der Waals surface area contributed by atoms with Crippen LogP contribution in [0.3, 0.4) is 0 Å². The largest absolute Gasteiger partial charge is 0.386 e. The first-order valence-electron chi connectivity index (χ1n) is 5.26. The number of halogens is 1. The maximum absolute atomic E-state index is 10.2. The van der Waals surface area contributed by atoms with Crippen molar-refractivity contribution in [1.82, 2.24) is 4.98 Å². The normalized spacial score (nSPS) is 23.7. The zero-order valence-electron chi connectivity index (χ0n) is 8.36. The molecule has 1 N–H and O–H groups in total. The van der Waals surface area contributed by atoms with Gasteiger partial charge < -0.3 is 10.0 Å². The Kier molecular flexibility index (Phi) is 1.94. The Bertz CT molecular complexity index is 386. The molecular formula is C11H13ClN2O. The first kappa shape index (κ1) is 9.43. The van der Waals surface area contributed by atoms with Crippen LogP contribution in [0.4, 0.5) is 5.69 Å². The molecule has 0 radical (unpaired) electrons. The van der Waals surface area contributed by atoms with Crippen molar-refractivity contribution in [2.75, 3.05) is 18.0 Å². The van der Waals surface area contributed by atoms with Crippen LogP contribution >= 0.6 is 11.6 Å². The molecule has 1 aliphatic heterocycles. The fraction of sp³-hybridized carbons (Fsp3) is 0.545. The number of β-amino-alcohol motifs (C(OH)–C–C–N with tert-alkyl or cyclic N) is 1. The number of aromatic nitrogens is 1. The number of hydrogen-bond acceptors (Lipinski definition) is 3. The Morgan fingerprint density at radius 3 is 2.80 bits per heavy atom. The van der Waals surface area contributed by atoms with Crippen molar-refractivity contribution in [2.45, 2.75) is 18.4 Å². The van der Waals surface area contributed by atoms with Crippen LogP contribution in [0, 0.1) is 5.92 Å². The van der Waals surface area contributed by atoms with E-state index in [-0.39, 0.29) is 0 Å². The van der Waals surface area contributed by atoms with Crippen LogP contribution in [0.2, 0.25) is 5.02 Å². The maximum Gasteiger partial charge on any atom is 0.102 e. The molecule has 15 heavy (non-hydrogen) atoms. The maximum atomic E-state index is 10.2. The lowest BCUT2D eigenvalue weighted by Gasteiger charge is -2.48. The van der Waals surface area contributed by atoms with Gasteiger partial charge in [-0.15, -0.1) is 0 Å². The van der Waals surface area contributed by atoms with Crippen molar-refractivity contribution >= 4 is 17.3 Å². The topological polar surface area (TPSA) is 36.4 Å². The van der Waals surface area contributed by atoms with Gasteiger partial charge in [0.05, 0.1) is 10.7 Å². The molecule has 0 atom stereocenters. The molecule has 1 aromatic heterocycles. The van der Waals surface area contributed by atoms with Gasteiger partial charge >= 0.3 is 0 Å². The summed E-state index contributed by atoms with van der Waals surface area (Å²) in [7, 11) is 0. The van der Waals surface area contributed by atoms with Crippen LogP contribution in [-0.4, -0.2) is 28.8 Å². The van der Waals surface area contributed by atoms with Crippen LogP contribution < -0.4 is 4.90 Å². The Morgan fingerprint density at radius 1 is 1.47 bits per heavy atom. The molecule has 3 rings (SSSR count). The summed E-state index contributed by atoms with van der Waals surface area (Å²) in [5.74, 6) is 0.523. The minimum atomic E-state index is -0.452. The van der Waals surface area contributed by atoms with E-state index in [2.05, 4.69) is 9.88 Å². The second-order valence-corrected chi connectivity index (χ2v) is 4.97. The summed E-state index contributed by atoms with van der Waals surface area (Å²) in [6.07, 6.45) is 5.73. The molecule has 0 spiro atoms. The van der Waals surface area contributed by atoms with Gasteiger partial charge in [-0.2, -0.15) is 0 Å². The van der Waals surface area contributed by atoms with Crippen LogP contribution in [0.5, 0.6) is 0 Å². The summed E-state index contributed by atoms with van der Waals surface area (Å²) < 4.78 is 0. The smallest absolute Gasteiger partial charge is 0.102 e. The number of rotatable bonds is 2. The summed E-state index contributed by atoms with van der Waals surface area (Å²) in [6.45, 7) is 1.42. The van der Waals surface area contributed by atoms with Gasteiger partial charge in [0.1, 0.15) is 5.60 Å². The fourth-order valence-corrected chi connectivity index (χ4v) is 2.53. The van der Waals surface area contributed by atoms with Gasteiger partial charge in [0.15, 0.2) is 0 Å². The van der Waals surface area contributed by atoms with Crippen molar-refractivity contribution in [3.05, 3.63) is 23.5 Å². The second kappa shape index (κ2) is 3.09. The van der Waals surface area contributed by atoms with E-state index in [0.29, 0.717) is 24.0 Å². The van der Waals surface area contributed by atoms with Crippen molar-refractivity contribution in [3.8, 4) is 0 Å². The van der Waals surface area contributed by atoms with Gasteiger partial charge in [-0.25, -0.2) is 0 Å². The molecule has 80 valence electrons. The van der Waals surface area contributed by atoms with Crippen LogP contribution in [0.15, 0.2) is 18.5 Å². The lowest BCUT2D eigenvalue weighted by atomic mass is 9.88. The van der Waals surface area contributed by atoms with Crippen molar-refractivity contribution in [2.24, 2.45) is 5.92 Å². The molecule has 3 nitrogen and oxygen atoms in total. The van der Waals surface area contributed by atoms with Crippen molar-refractivity contribution < 1.29 is 5.11 Å². The average molecular weight is 225 g/mol. The summed E-state index contributed by atoms with van der Waals surface area (Å²) in [5, 5.41) is 10.8. The lowest BCUT2D eigenvalue weighted by molar-refractivity contribution is -0.00929. The van der Waals surface area contributed by atoms with Gasteiger partial charge in [-0.1, -0.05) is 11.6 Å². The molecule has 2 heterocycles. The van der Waals surface area contributed by atoms with E-state index >= 15 is 0 Å². The van der Waals surface area contributed by atoms with E-state index in [1.807, 2.05) is 6.07 Å². The predicted octanol–water partition coefficient (Wildman–Crippen LogP) is 1.70. The highest BCUT2D eigenvalue weighted by Gasteiger charge is 2.52. The Morgan fingerprint density at radius 2 is 2.20 bits per heavy atom. The quantitative estimate of drug-likeness (QED) is 0.831. The number of aliphatic hydroxyl groups is 1. The summed E-state index contributed by atoms with van der Waals surface area (Å²) in [6, 6.07) is 1.90. The van der Waals surface area contributed by atoms with Crippen LogP contribution in [0.25, 0.3) is 0 Å². The highest BCUT2D eigenvalue weighted by atomic mass is 35.5. The minimum absolute atomic E-state index is 0.452.